The molecule has 1 fully saturated rings. The van der Waals surface area contributed by atoms with Crippen LogP contribution in [0.4, 0.5) is 10.5 Å². The standard InChI is InChI=1S/C15H21N3O3/c1-14(2,3)21-13(20)18-9-15(10-18,12(16)19)17-11-7-5-4-6-8-11/h4-8,17H,9-10H2,1-3H3,(H2,16,19). The number of carbonyl (C=O) groups is 2. The van der Waals surface area contributed by atoms with Gasteiger partial charge in [-0.3, -0.25) is 4.79 Å². The third-order valence-electron chi connectivity index (χ3n) is 3.20. The van der Waals surface area contributed by atoms with Crippen molar-refractivity contribution in [3.05, 3.63) is 30.3 Å². The van der Waals surface area contributed by atoms with E-state index in [1.165, 1.54) is 4.90 Å². The Kier molecular flexibility index (Phi) is 3.80. The summed E-state index contributed by atoms with van der Waals surface area (Å²) in [5.74, 6) is -0.480. The van der Waals surface area contributed by atoms with Gasteiger partial charge in [-0.05, 0) is 32.9 Å². The van der Waals surface area contributed by atoms with Gasteiger partial charge in [-0.2, -0.15) is 0 Å². The number of amides is 2. The van der Waals surface area contributed by atoms with Crippen molar-refractivity contribution in [2.45, 2.75) is 31.9 Å². The number of ether oxygens (including phenoxy) is 1. The zero-order valence-corrected chi connectivity index (χ0v) is 12.6. The highest BCUT2D eigenvalue weighted by molar-refractivity contribution is 5.92. The molecule has 0 aliphatic carbocycles. The zero-order chi connectivity index (χ0) is 15.7. The third-order valence-corrected chi connectivity index (χ3v) is 3.20. The smallest absolute Gasteiger partial charge is 0.410 e. The van der Waals surface area contributed by atoms with Crippen LogP contribution in [0.3, 0.4) is 0 Å². The first-order valence-electron chi connectivity index (χ1n) is 6.83. The van der Waals surface area contributed by atoms with E-state index in [9.17, 15) is 9.59 Å². The molecule has 1 aliphatic rings. The van der Waals surface area contributed by atoms with Crippen LogP contribution in [-0.2, 0) is 9.53 Å². The number of rotatable bonds is 3. The molecule has 3 N–H and O–H groups in total. The van der Waals surface area contributed by atoms with Gasteiger partial charge < -0.3 is 20.7 Å². The number of benzene rings is 1. The van der Waals surface area contributed by atoms with E-state index < -0.39 is 23.1 Å². The van der Waals surface area contributed by atoms with Crippen LogP contribution >= 0.6 is 0 Å². The molecule has 6 heteroatoms. The van der Waals surface area contributed by atoms with E-state index >= 15 is 0 Å². The van der Waals surface area contributed by atoms with Crippen LogP contribution < -0.4 is 11.1 Å². The number of primary amides is 1. The molecule has 2 rings (SSSR count). The molecule has 2 amide bonds. The summed E-state index contributed by atoms with van der Waals surface area (Å²) in [6, 6.07) is 9.31. The summed E-state index contributed by atoms with van der Waals surface area (Å²) in [6.45, 7) is 5.80. The fourth-order valence-electron chi connectivity index (χ4n) is 2.16. The van der Waals surface area contributed by atoms with Crippen molar-refractivity contribution in [1.29, 1.82) is 0 Å². The maximum atomic E-state index is 11.9. The fraction of sp³-hybridized carbons (Fsp3) is 0.467. The number of nitrogens with zero attached hydrogens (tertiary/aromatic N) is 1. The third kappa shape index (κ3) is 3.45. The van der Waals surface area contributed by atoms with Crippen LogP contribution in [0.15, 0.2) is 30.3 Å². The highest BCUT2D eigenvalue weighted by atomic mass is 16.6. The molecule has 0 aromatic heterocycles. The lowest BCUT2D eigenvalue weighted by atomic mass is 9.89. The molecule has 114 valence electrons. The van der Waals surface area contributed by atoms with Gasteiger partial charge in [0.2, 0.25) is 5.91 Å². The van der Waals surface area contributed by atoms with Gasteiger partial charge in [-0.1, -0.05) is 18.2 Å². The maximum Gasteiger partial charge on any atom is 0.410 e. The Morgan fingerprint density at radius 2 is 1.81 bits per heavy atom. The van der Waals surface area contributed by atoms with Gasteiger partial charge in [0.25, 0.3) is 0 Å². The van der Waals surface area contributed by atoms with Crippen molar-refractivity contribution in [2.24, 2.45) is 5.73 Å². The van der Waals surface area contributed by atoms with E-state index in [-0.39, 0.29) is 13.1 Å². The van der Waals surface area contributed by atoms with E-state index in [0.717, 1.165) is 5.69 Å². The summed E-state index contributed by atoms with van der Waals surface area (Å²) >= 11 is 0. The van der Waals surface area contributed by atoms with Gasteiger partial charge in [-0.15, -0.1) is 0 Å². The minimum absolute atomic E-state index is 0.201. The normalized spacial score (nSPS) is 16.8. The van der Waals surface area contributed by atoms with Crippen molar-refractivity contribution in [3.8, 4) is 0 Å². The Morgan fingerprint density at radius 3 is 2.29 bits per heavy atom. The van der Waals surface area contributed by atoms with Crippen LogP contribution in [-0.4, -0.2) is 41.1 Å². The zero-order valence-electron chi connectivity index (χ0n) is 12.6. The molecule has 0 radical (unpaired) electrons. The first kappa shape index (κ1) is 15.2. The van der Waals surface area contributed by atoms with Crippen molar-refractivity contribution in [3.63, 3.8) is 0 Å². The largest absolute Gasteiger partial charge is 0.444 e. The van der Waals surface area contributed by atoms with E-state index in [2.05, 4.69) is 5.32 Å². The number of hydrogen-bond acceptors (Lipinski definition) is 4. The second-order valence-corrected chi connectivity index (χ2v) is 6.27. The van der Waals surface area contributed by atoms with Gasteiger partial charge in [0.15, 0.2) is 5.54 Å². The molecule has 0 spiro atoms. The minimum Gasteiger partial charge on any atom is -0.444 e. The molecular formula is C15H21N3O3. The molecule has 1 aromatic carbocycles. The number of nitrogens with one attached hydrogen (secondary N) is 1. The van der Waals surface area contributed by atoms with E-state index in [1.807, 2.05) is 30.3 Å². The topological polar surface area (TPSA) is 84.7 Å². The highest BCUT2D eigenvalue weighted by Gasteiger charge is 2.51. The molecule has 1 aromatic rings. The van der Waals surface area contributed by atoms with Crippen molar-refractivity contribution < 1.29 is 14.3 Å². The summed E-state index contributed by atoms with van der Waals surface area (Å²) in [7, 11) is 0. The molecule has 0 atom stereocenters. The predicted octanol–water partition coefficient (Wildman–Crippen LogP) is 1.57. The lowest BCUT2D eigenvalue weighted by molar-refractivity contribution is -0.127. The van der Waals surface area contributed by atoms with Gasteiger partial charge in [0, 0.05) is 5.69 Å². The Balaban J connectivity index is 2.02. The number of hydrogen-bond donors (Lipinski definition) is 2. The summed E-state index contributed by atoms with van der Waals surface area (Å²) in [6.07, 6.45) is -0.436. The molecular weight excluding hydrogens is 270 g/mol. The molecule has 6 nitrogen and oxygen atoms in total. The number of likely N-dealkylation sites (tertiary alicyclic amines) is 1. The van der Waals surface area contributed by atoms with Crippen molar-refractivity contribution >= 4 is 17.7 Å². The Bertz CT molecular complexity index is 531. The number of para-hydroxylation sites is 1. The van der Waals surface area contributed by atoms with E-state index in [0.29, 0.717) is 0 Å². The Hall–Kier alpha value is -2.24. The van der Waals surface area contributed by atoms with E-state index in [1.54, 1.807) is 20.8 Å². The van der Waals surface area contributed by atoms with Crippen LogP contribution in [0.5, 0.6) is 0 Å². The van der Waals surface area contributed by atoms with Crippen LogP contribution in [0.1, 0.15) is 20.8 Å². The molecule has 0 saturated carbocycles. The minimum atomic E-state index is -0.932. The van der Waals surface area contributed by atoms with Crippen LogP contribution in [0, 0.1) is 0 Å². The molecule has 21 heavy (non-hydrogen) atoms. The first-order chi connectivity index (χ1) is 9.72. The molecule has 1 aliphatic heterocycles. The number of anilines is 1. The van der Waals surface area contributed by atoms with Crippen molar-refractivity contribution in [1.82, 2.24) is 4.90 Å². The molecule has 0 unspecified atom stereocenters. The molecule has 0 bridgehead atoms. The van der Waals surface area contributed by atoms with E-state index in [4.69, 9.17) is 10.5 Å². The Morgan fingerprint density at radius 1 is 1.24 bits per heavy atom. The second-order valence-electron chi connectivity index (χ2n) is 6.27. The van der Waals surface area contributed by atoms with Gasteiger partial charge in [-0.25, -0.2) is 4.79 Å². The SMILES string of the molecule is CC(C)(C)OC(=O)N1CC(Nc2ccccc2)(C(N)=O)C1. The average Bonchev–Trinajstić information content (AvgIpc) is 2.31. The molecule has 1 heterocycles. The monoisotopic (exact) mass is 291 g/mol. The lowest BCUT2D eigenvalue weighted by Crippen LogP contribution is -2.73. The summed E-state index contributed by atoms with van der Waals surface area (Å²) in [4.78, 5) is 25.1. The number of nitrogens with two attached hydrogens (primary N) is 1. The van der Waals surface area contributed by atoms with Crippen LogP contribution in [0.2, 0.25) is 0 Å². The average molecular weight is 291 g/mol. The maximum absolute atomic E-state index is 11.9. The second kappa shape index (κ2) is 5.27. The summed E-state index contributed by atoms with van der Waals surface area (Å²) < 4.78 is 5.27. The van der Waals surface area contributed by atoms with Gasteiger partial charge in [0.05, 0.1) is 13.1 Å². The highest BCUT2D eigenvalue weighted by Crippen LogP contribution is 2.27. The fourth-order valence-corrected chi connectivity index (χ4v) is 2.16. The van der Waals surface area contributed by atoms with Gasteiger partial charge >= 0.3 is 6.09 Å². The summed E-state index contributed by atoms with van der Waals surface area (Å²) in [5, 5.41) is 3.12. The summed E-state index contributed by atoms with van der Waals surface area (Å²) in [5.41, 5.74) is 4.79. The molecule has 1 saturated heterocycles. The van der Waals surface area contributed by atoms with Gasteiger partial charge in [0.1, 0.15) is 5.60 Å². The predicted molar refractivity (Wildman–Crippen MR) is 79.8 cm³/mol. The lowest BCUT2D eigenvalue weighted by Gasteiger charge is -2.48. The Labute approximate surface area is 124 Å². The first-order valence-corrected chi connectivity index (χ1v) is 6.83. The number of carbonyl (C=O) groups excluding carboxylic acids is 2. The van der Waals surface area contributed by atoms with Crippen LogP contribution in [0.25, 0.3) is 0 Å². The quantitative estimate of drug-likeness (QED) is 0.885. The van der Waals surface area contributed by atoms with Crippen molar-refractivity contribution in [2.75, 3.05) is 18.4 Å².